The molecule has 1 aliphatic carbocycles. The van der Waals surface area contributed by atoms with Crippen LogP contribution in [0, 0.1) is 0 Å². The van der Waals surface area contributed by atoms with Crippen molar-refractivity contribution in [2.24, 2.45) is 0 Å². The molecule has 0 bridgehead atoms. The molecule has 4 heterocycles. The highest BCUT2D eigenvalue weighted by atomic mass is 16.5. The minimum absolute atomic E-state index is 0.274. The van der Waals surface area contributed by atoms with E-state index >= 15 is 0 Å². The Morgan fingerprint density at radius 3 is 2.71 bits per heavy atom. The van der Waals surface area contributed by atoms with Crippen molar-refractivity contribution in [3.05, 3.63) is 78.2 Å². The van der Waals surface area contributed by atoms with Crippen LogP contribution in [0.2, 0.25) is 0 Å². The molecule has 1 aliphatic rings. The van der Waals surface area contributed by atoms with Gasteiger partial charge in [-0.05, 0) is 37.5 Å². The molecule has 0 aliphatic heterocycles. The Morgan fingerprint density at radius 1 is 1.13 bits per heavy atom. The van der Waals surface area contributed by atoms with Crippen LogP contribution in [0.5, 0.6) is 0 Å². The maximum atomic E-state index is 12.8. The first kappa shape index (κ1) is 24.1. The first-order valence-electron chi connectivity index (χ1n) is 12.9. The second-order valence-corrected chi connectivity index (χ2v) is 9.66. The van der Waals surface area contributed by atoms with Crippen molar-refractivity contribution in [3.8, 4) is 11.3 Å². The number of benzene rings is 1. The van der Waals surface area contributed by atoms with Gasteiger partial charge in [-0.1, -0.05) is 30.3 Å². The predicted molar refractivity (Wildman–Crippen MR) is 145 cm³/mol. The summed E-state index contributed by atoms with van der Waals surface area (Å²) in [7, 11) is 3.78. The Balaban J connectivity index is 1.50. The summed E-state index contributed by atoms with van der Waals surface area (Å²) in [6.07, 6.45) is 7.66. The van der Waals surface area contributed by atoms with Crippen LogP contribution in [0.15, 0.2) is 67.1 Å². The fourth-order valence-electron chi connectivity index (χ4n) is 5.17. The van der Waals surface area contributed by atoms with E-state index < -0.39 is 5.97 Å². The second-order valence-electron chi connectivity index (χ2n) is 9.66. The van der Waals surface area contributed by atoms with Gasteiger partial charge in [0, 0.05) is 56.2 Å². The van der Waals surface area contributed by atoms with Gasteiger partial charge >= 0.3 is 5.97 Å². The molecule has 6 rings (SSSR count). The maximum Gasteiger partial charge on any atom is 0.343 e. The first-order chi connectivity index (χ1) is 18.6. The van der Waals surface area contributed by atoms with Crippen molar-refractivity contribution in [3.63, 3.8) is 0 Å². The van der Waals surface area contributed by atoms with Gasteiger partial charge in [0.15, 0.2) is 5.65 Å². The number of anilines is 1. The number of pyridine rings is 1. The fourth-order valence-corrected chi connectivity index (χ4v) is 5.17. The van der Waals surface area contributed by atoms with Gasteiger partial charge in [0.05, 0.1) is 24.6 Å². The van der Waals surface area contributed by atoms with Crippen LogP contribution in [0.3, 0.4) is 0 Å². The molecule has 0 radical (unpaired) electrons. The lowest BCUT2D eigenvalue weighted by Gasteiger charge is -2.35. The normalized spacial score (nSPS) is 17.0. The largest absolute Gasteiger partial charge is 0.462 e. The lowest BCUT2D eigenvalue weighted by Crippen LogP contribution is -2.32. The molecule has 0 N–H and O–H groups in total. The summed E-state index contributed by atoms with van der Waals surface area (Å²) >= 11 is 0. The van der Waals surface area contributed by atoms with Crippen LogP contribution < -0.4 is 4.90 Å². The van der Waals surface area contributed by atoms with Gasteiger partial charge in [0.2, 0.25) is 0 Å². The van der Waals surface area contributed by atoms with E-state index in [-0.39, 0.29) is 12.7 Å². The van der Waals surface area contributed by atoms with Crippen LogP contribution in [0.4, 0.5) is 5.82 Å². The van der Waals surface area contributed by atoms with E-state index in [4.69, 9.17) is 19.4 Å². The zero-order chi connectivity index (χ0) is 26.2. The van der Waals surface area contributed by atoms with Gasteiger partial charge in [0.25, 0.3) is 0 Å². The molecule has 9 heteroatoms. The van der Waals surface area contributed by atoms with Gasteiger partial charge in [-0.15, -0.1) is 0 Å². The number of ether oxygens (including phenoxy) is 2. The second kappa shape index (κ2) is 9.90. The van der Waals surface area contributed by atoms with Crippen molar-refractivity contribution in [2.45, 2.75) is 38.5 Å². The Labute approximate surface area is 220 Å². The van der Waals surface area contributed by atoms with Crippen LogP contribution >= 0.6 is 0 Å². The molecule has 1 saturated carbocycles. The molecule has 4 aromatic heterocycles. The molecule has 0 amide bonds. The Hall–Kier alpha value is -4.24. The fraction of sp³-hybridized carbons (Fsp3) is 0.310. The quantitative estimate of drug-likeness (QED) is 0.274. The molecular weight excluding hydrogens is 480 g/mol. The smallest absolute Gasteiger partial charge is 0.343 e. The number of hydrogen-bond donors (Lipinski definition) is 0. The van der Waals surface area contributed by atoms with E-state index in [0.29, 0.717) is 23.8 Å². The molecule has 0 saturated heterocycles. The molecular formula is C29H30N6O3. The van der Waals surface area contributed by atoms with Gasteiger partial charge < -0.3 is 18.9 Å². The van der Waals surface area contributed by atoms with Crippen LogP contribution in [-0.4, -0.2) is 57.0 Å². The van der Waals surface area contributed by atoms with E-state index in [0.717, 1.165) is 46.5 Å². The molecule has 0 atom stereocenters. The third-order valence-electron chi connectivity index (χ3n) is 7.26. The molecule has 1 aromatic carbocycles. The summed E-state index contributed by atoms with van der Waals surface area (Å²) in [6.45, 7) is 2.73. The third-order valence-corrected chi connectivity index (χ3v) is 7.26. The SMILES string of the molecule is CCOC(=O)c1cnn2c(N(C)Cc3ccccc3)cc(-c3cn([C@H]4C[C@@H](OC)C4)c4ncccc34)nc12. The molecule has 5 aromatic rings. The number of nitrogens with zero attached hydrogens (tertiary/aromatic N) is 6. The zero-order valence-corrected chi connectivity index (χ0v) is 21.7. The van der Waals surface area contributed by atoms with E-state index in [1.807, 2.05) is 43.6 Å². The number of hydrogen-bond acceptors (Lipinski definition) is 7. The van der Waals surface area contributed by atoms with Gasteiger partial charge in [-0.25, -0.2) is 14.8 Å². The Bertz CT molecular complexity index is 1600. The summed E-state index contributed by atoms with van der Waals surface area (Å²) in [5.41, 5.74) is 4.59. The molecule has 1 fully saturated rings. The number of methoxy groups -OCH3 is 1. The van der Waals surface area contributed by atoms with Crippen molar-refractivity contribution >= 4 is 28.5 Å². The molecule has 0 unspecified atom stereocenters. The van der Waals surface area contributed by atoms with Crippen LogP contribution in [0.1, 0.15) is 41.7 Å². The van der Waals surface area contributed by atoms with Crippen molar-refractivity contribution in [1.29, 1.82) is 0 Å². The number of aromatic nitrogens is 5. The first-order valence-corrected chi connectivity index (χ1v) is 12.9. The molecule has 194 valence electrons. The minimum atomic E-state index is -0.437. The standard InChI is InChI=1S/C29H30N6O3/c1-4-38-29(36)23-16-31-35-26(33(2)17-19-9-6-5-7-10-19)15-25(32-28(23)35)24-18-34(20-13-21(14-20)37-3)27-22(24)11-8-12-30-27/h5-12,15-16,18,20-21H,4,13-14,17H2,1-3H3/t20-,21+. The van der Waals surface area contributed by atoms with E-state index in [2.05, 4.69) is 39.0 Å². The maximum absolute atomic E-state index is 12.8. The van der Waals surface area contributed by atoms with Gasteiger partial charge in [0.1, 0.15) is 17.0 Å². The van der Waals surface area contributed by atoms with E-state index in [9.17, 15) is 4.79 Å². The average Bonchev–Trinajstić information content (AvgIpc) is 3.51. The topological polar surface area (TPSA) is 86.8 Å². The van der Waals surface area contributed by atoms with Crippen molar-refractivity contribution < 1.29 is 14.3 Å². The summed E-state index contributed by atoms with van der Waals surface area (Å²) in [5, 5.41) is 5.55. The van der Waals surface area contributed by atoms with Gasteiger partial charge in [-0.2, -0.15) is 9.61 Å². The van der Waals surface area contributed by atoms with Crippen molar-refractivity contribution in [2.75, 3.05) is 25.7 Å². The monoisotopic (exact) mass is 510 g/mol. The third kappa shape index (κ3) is 4.18. The highest BCUT2D eigenvalue weighted by Crippen LogP contribution is 2.40. The molecule has 0 spiro atoms. The highest BCUT2D eigenvalue weighted by Gasteiger charge is 2.32. The minimum Gasteiger partial charge on any atom is -0.462 e. The number of esters is 1. The van der Waals surface area contributed by atoms with E-state index in [1.54, 1.807) is 18.5 Å². The Kier molecular flexibility index (Phi) is 6.29. The zero-order valence-electron chi connectivity index (χ0n) is 21.7. The predicted octanol–water partition coefficient (Wildman–Crippen LogP) is 4.91. The number of carbonyl (C=O) groups is 1. The lowest BCUT2D eigenvalue weighted by molar-refractivity contribution is 0.00737. The Morgan fingerprint density at radius 2 is 1.95 bits per heavy atom. The summed E-state index contributed by atoms with van der Waals surface area (Å²) in [6, 6.07) is 16.6. The number of rotatable bonds is 8. The summed E-state index contributed by atoms with van der Waals surface area (Å²) in [4.78, 5) is 24.6. The van der Waals surface area contributed by atoms with Crippen LogP contribution in [-0.2, 0) is 16.0 Å². The lowest BCUT2D eigenvalue weighted by atomic mass is 9.89. The summed E-state index contributed by atoms with van der Waals surface area (Å²) in [5.74, 6) is 0.380. The summed E-state index contributed by atoms with van der Waals surface area (Å²) < 4.78 is 14.8. The van der Waals surface area contributed by atoms with E-state index in [1.165, 1.54) is 6.20 Å². The molecule has 38 heavy (non-hydrogen) atoms. The number of carbonyl (C=O) groups excluding carboxylic acids is 1. The average molecular weight is 511 g/mol. The molecule has 9 nitrogen and oxygen atoms in total. The van der Waals surface area contributed by atoms with Crippen LogP contribution in [0.25, 0.3) is 27.9 Å². The van der Waals surface area contributed by atoms with Gasteiger partial charge in [-0.3, -0.25) is 0 Å². The highest BCUT2D eigenvalue weighted by molar-refractivity contribution is 5.98. The van der Waals surface area contributed by atoms with Crippen molar-refractivity contribution in [1.82, 2.24) is 24.1 Å². The number of fused-ring (bicyclic) bond motifs is 2.